The molecule has 21 heavy (non-hydrogen) atoms. The van der Waals surface area contributed by atoms with Crippen molar-refractivity contribution in [2.45, 2.75) is 90.6 Å². The molecule has 0 aromatic rings. The molecule has 0 heterocycles. The Balaban J connectivity index is -0.000000201. The number of rotatable bonds is 11. The Morgan fingerprint density at radius 2 is 1.14 bits per heavy atom. The molecule has 0 aliphatic rings. The second kappa shape index (κ2) is 18.9. The Labute approximate surface area is 154 Å². The van der Waals surface area contributed by atoms with Crippen molar-refractivity contribution in [1.29, 1.82) is 0 Å². The number of aliphatic hydroxyl groups is 1. The van der Waals surface area contributed by atoms with E-state index in [0.29, 0.717) is 0 Å². The van der Waals surface area contributed by atoms with Crippen LogP contribution < -0.4 is 29.6 Å². The Morgan fingerprint density at radius 1 is 0.857 bits per heavy atom. The molecule has 0 aliphatic heterocycles. The Bertz CT molecular complexity index is 279. The summed E-state index contributed by atoms with van der Waals surface area (Å²) in [5, 5.41) is 9.08. The van der Waals surface area contributed by atoms with Crippen LogP contribution in [-0.2, 0) is 10.4 Å². The largest absolute Gasteiger partial charge is 1.00 e. The van der Waals surface area contributed by atoms with Crippen LogP contribution in [0, 0.1) is 0 Å². The molecule has 0 aliphatic carbocycles. The third-order valence-electron chi connectivity index (χ3n) is 2.98. The molecule has 1 atom stereocenters. The minimum absolute atomic E-state index is 0. The van der Waals surface area contributed by atoms with E-state index in [-0.39, 0.29) is 37.1 Å². The van der Waals surface area contributed by atoms with E-state index < -0.39 is 10.4 Å². The zero-order valence-electron chi connectivity index (χ0n) is 14.9. The van der Waals surface area contributed by atoms with Gasteiger partial charge in [-0.2, -0.15) is 8.42 Å². The van der Waals surface area contributed by atoms with Gasteiger partial charge in [0, 0.05) is 0 Å². The Hall–Kier alpha value is 0.830. The number of aliphatic hydroxyl groups excluding tert-OH is 1. The first-order chi connectivity index (χ1) is 9.27. The molecule has 0 aromatic carbocycles. The third-order valence-corrected chi connectivity index (χ3v) is 2.98. The molecule has 0 saturated carbocycles. The van der Waals surface area contributed by atoms with Crippen molar-refractivity contribution >= 4 is 10.4 Å². The van der Waals surface area contributed by atoms with E-state index in [1.165, 1.54) is 64.2 Å². The molecule has 7 heteroatoms. The molecule has 0 bridgehead atoms. The summed E-state index contributed by atoms with van der Waals surface area (Å²) in [5.41, 5.74) is 0. The summed E-state index contributed by atoms with van der Waals surface area (Å²) in [4.78, 5) is 0. The van der Waals surface area contributed by atoms with Crippen LogP contribution in [0.4, 0.5) is 0 Å². The van der Waals surface area contributed by atoms with Gasteiger partial charge in [-0.15, -0.1) is 0 Å². The molecule has 0 spiro atoms. The van der Waals surface area contributed by atoms with E-state index in [1.807, 2.05) is 6.92 Å². The van der Waals surface area contributed by atoms with Gasteiger partial charge in [0.1, 0.15) is 0 Å². The van der Waals surface area contributed by atoms with Gasteiger partial charge < -0.3 is 6.53 Å². The van der Waals surface area contributed by atoms with Gasteiger partial charge in [-0.25, -0.2) is 0 Å². The van der Waals surface area contributed by atoms with Crippen LogP contribution >= 0.6 is 0 Å². The minimum atomic E-state index is -4.67. The molecule has 5 nitrogen and oxygen atoms in total. The van der Waals surface area contributed by atoms with E-state index in [2.05, 4.69) is 6.92 Å². The average molecular weight is 336 g/mol. The first kappa shape index (κ1) is 26.7. The van der Waals surface area contributed by atoms with Gasteiger partial charge in [0.15, 0.2) is 0 Å². The summed E-state index contributed by atoms with van der Waals surface area (Å²) in [6.45, 7) is 4.15. The van der Waals surface area contributed by atoms with Crippen molar-refractivity contribution in [2.24, 2.45) is 0 Å². The van der Waals surface area contributed by atoms with Crippen molar-refractivity contribution in [3.8, 4) is 0 Å². The molecule has 0 rings (SSSR count). The molecule has 0 fully saturated rings. The number of hydrogen-bond donors (Lipinski definition) is 3. The summed E-state index contributed by atoms with van der Waals surface area (Å²) < 4.78 is 31.6. The molecule has 0 radical (unpaired) electrons. The SMILES string of the molecule is CCCCCCCCCCCCC(C)O.O=S(=O)(O)O.[H-].[Na+]. The second-order valence-electron chi connectivity index (χ2n) is 5.27. The van der Waals surface area contributed by atoms with E-state index >= 15 is 0 Å². The average Bonchev–Trinajstić information content (AvgIpc) is 2.29. The topological polar surface area (TPSA) is 94.8 Å². The summed E-state index contributed by atoms with van der Waals surface area (Å²) in [6, 6.07) is 0. The maximum Gasteiger partial charge on any atom is 1.00 e. The molecular formula is C14H33NaO5S. The maximum absolute atomic E-state index is 9.08. The normalized spacial score (nSPS) is 12.0. The molecule has 0 aromatic heterocycles. The van der Waals surface area contributed by atoms with Gasteiger partial charge in [0.2, 0.25) is 0 Å². The molecule has 0 amide bonds. The first-order valence-corrected chi connectivity index (χ1v) is 9.05. The predicted molar refractivity (Wildman–Crippen MR) is 83.4 cm³/mol. The summed E-state index contributed by atoms with van der Waals surface area (Å²) in [5.74, 6) is 0. The standard InChI is InChI=1S/C14H30O.Na.H2O4S.H/c1-3-4-5-6-7-8-9-10-11-12-13-14(2)15;;1-5(2,3)4;/h14-15H,3-13H2,1-2H3;;(H2,1,2,3,4);/q;+1;;-1. The van der Waals surface area contributed by atoms with Gasteiger partial charge in [-0.1, -0.05) is 71.1 Å². The number of hydrogen-bond acceptors (Lipinski definition) is 3. The van der Waals surface area contributed by atoms with Gasteiger partial charge in [0.05, 0.1) is 6.10 Å². The van der Waals surface area contributed by atoms with Crippen molar-refractivity contribution in [2.75, 3.05) is 0 Å². The smallest absolute Gasteiger partial charge is 1.00 e. The summed E-state index contributed by atoms with van der Waals surface area (Å²) >= 11 is 0. The Morgan fingerprint density at radius 3 is 1.43 bits per heavy atom. The molecule has 126 valence electrons. The fraction of sp³-hybridized carbons (Fsp3) is 1.00. The monoisotopic (exact) mass is 336 g/mol. The summed E-state index contributed by atoms with van der Waals surface area (Å²) in [7, 11) is -4.67. The fourth-order valence-corrected chi connectivity index (χ4v) is 1.93. The molecule has 1 unspecified atom stereocenters. The van der Waals surface area contributed by atoms with Crippen molar-refractivity contribution in [3.05, 3.63) is 0 Å². The van der Waals surface area contributed by atoms with E-state index in [9.17, 15) is 0 Å². The van der Waals surface area contributed by atoms with Crippen molar-refractivity contribution < 1.29 is 53.6 Å². The minimum Gasteiger partial charge on any atom is -1.00 e. The fourth-order valence-electron chi connectivity index (χ4n) is 1.93. The Kier molecular flexibility index (Phi) is 24.0. The molecule has 0 saturated heterocycles. The van der Waals surface area contributed by atoms with E-state index in [1.54, 1.807) is 0 Å². The predicted octanol–water partition coefficient (Wildman–Crippen LogP) is 1.14. The van der Waals surface area contributed by atoms with Crippen LogP contribution in [0.25, 0.3) is 0 Å². The second-order valence-corrected chi connectivity index (χ2v) is 6.16. The van der Waals surface area contributed by atoms with Crippen LogP contribution in [-0.4, -0.2) is 28.7 Å². The van der Waals surface area contributed by atoms with Gasteiger partial charge in [-0.05, 0) is 13.3 Å². The van der Waals surface area contributed by atoms with Crippen LogP contribution in [0.2, 0.25) is 0 Å². The zero-order valence-corrected chi connectivity index (χ0v) is 16.7. The van der Waals surface area contributed by atoms with Gasteiger partial charge in [-0.3, -0.25) is 9.11 Å². The molecule has 3 N–H and O–H groups in total. The van der Waals surface area contributed by atoms with Crippen molar-refractivity contribution in [3.63, 3.8) is 0 Å². The van der Waals surface area contributed by atoms with Gasteiger partial charge in [0.25, 0.3) is 0 Å². The third kappa shape index (κ3) is 44.9. The van der Waals surface area contributed by atoms with Crippen LogP contribution in [0.15, 0.2) is 0 Å². The van der Waals surface area contributed by atoms with Crippen LogP contribution in [0.3, 0.4) is 0 Å². The van der Waals surface area contributed by atoms with E-state index in [0.717, 1.165) is 6.42 Å². The van der Waals surface area contributed by atoms with Crippen molar-refractivity contribution in [1.82, 2.24) is 0 Å². The maximum atomic E-state index is 9.08. The first-order valence-electron chi connectivity index (χ1n) is 7.65. The summed E-state index contributed by atoms with van der Waals surface area (Å²) in [6.07, 6.45) is 14.6. The zero-order chi connectivity index (χ0) is 15.9. The van der Waals surface area contributed by atoms with E-state index in [4.69, 9.17) is 22.6 Å². The molecular weight excluding hydrogens is 303 g/mol. The van der Waals surface area contributed by atoms with Gasteiger partial charge >= 0.3 is 40.0 Å². The van der Waals surface area contributed by atoms with Crippen LogP contribution in [0.1, 0.15) is 85.9 Å². The number of unbranched alkanes of at least 4 members (excludes halogenated alkanes) is 9. The van der Waals surface area contributed by atoms with Crippen LogP contribution in [0.5, 0.6) is 0 Å². The quantitative estimate of drug-likeness (QED) is 0.299.